The molecule has 1 saturated heterocycles. The first-order valence-corrected chi connectivity index (χ1v) is 12.9. The lowest BCUT2D eigenvalue weighted by molar-refractivity contribution is -0.134. The molecule has 6 N–H and O–H groups in total. The van der Waals surface area contributed by atoms with Gasteiger partial charge in [-0.2, -0.15) is 0 Å². The van der Waals surface area contributed by atoms with Crippen molar-refractivity contribution in [2.45, 2.75) is 6.42 Å². The lowest BCUT2D eigenvalue weighted by Crippen LogP contribution is -2.44. The van der Waals surface area contributed by atoms with Crippen LogP contribution in [-0.4, -0.2) is 94.5 Å². The van der Waals surface area contributed by atoms with Crippen LogP contribution in [0.25, 0.3) is 10.9 Å². The fraction of sp³-hybridized carbons (Fsp3) is 0.233. The maximum absolute atomic E-state index is 9.55. The number of hydrogen-bond acceptors (Lipinski definition) is 9. The van der Waals surface area contributed by atoms with Crippen LogP contribution in [0.1, 0.15) is 11.1 Å². The summed E-state index contributed by atoms with van der Waals surface area (Å²) >= 11 is 0. The van der Waals surface area contributed by atoms with E-state index in [1.54, 1.807) is 7.11 Å². The van der Waals surface area contributed by atoms with Crippen molar-refractivity contribution >= 4 is 46.3 Å². The highest BCUT2D eigenvalue weighted by Crippen LogP contribution is 2.28. The van der Waals surface area contributed by atoms with Gasteiger partial charge in [0.15, 0.2) is 0 Å². The molecular weight excluding hydrogens is 560 g/mol. The molecule has 13 heteroatoms. The molecule has 0 aliphatic carbocycles. The van der Waals surface area contributed by atoms with Crippen LogP contribution >= 0.6 is 0 Å². The largest absolute Gasteiger partial charge is 0.496 e. The van der Waals surface area contributed by atoms with Crippen molar-refractivity contribution in [1.82, 2.24) is 9.88 Å². The second kappa shape index (κ2) is 16.7. The predicted molar refractivity (Wildman–Crippen MR) is 160 cm³/mol. The zero-order valence-electron chi connectivity index (χ0n) is 23.7. The molecule has 0 saturated carbocycles. The second-order valence-electron chi connectivity index (χ2n) is 9.21. The Morgan fingerprint density at radius 3 is 1.86 bits per heavy atom. The monoisotopic (exact) mass is 594 g/mol. The standard InChI is InChI=1S/C22H26N4O.2C4H4O4/c1-25-9-11-26(12-10-25)19-7-8-20-17(15-19)14-18(22(23)24-20)13-16-5-3-4-6-21(16)27-2;2*5-3(6)1-2-4(7)8/h3-8,14-15H,9-13H2,1-2H3,(H2,23,24);2*1-2H,(H,5,6)(H,7,8)/b;2*2-1+. The Bertz CT molecular complexity index is 1430. The van der Waals surface area contributed by atoms with Gasteiger partial charge in [0.05, 0.1) is 12.6 Å². The van der Waals surface area contributed by atoms with E-state index in [2.05, 4.69) is 52.2 Å². The second-order valence-corrected chi connectivity index (χ2v) is 9.21. The maximum Gasteiger partial charge on any atom is 0.328 e. The van der Waals surface area contributed by atoms with E-state index >= 15 is 0 Å². The van der Waals surface area contributed by atoms with Crippen LogP contribution in [0.5, 0.6) is 5.75 Å². The van der Waals surface area contributed by atoms with Crippen LogP contribution < -0.4 is 15.4 Å². The van der Waals surface area contributed by atoms with Crippen molar-refractivity contribution in [3.05, 3.63) is 84.0 Å². The Morgan fingerprint density at radius 2 is 1.35 bits per heavy atom. The Hall–Kier alpha value is -5.43. The minimum atomic E-state index is -1.26. The summed E-state index contributed by atoms with van der Waals surface area (Å²) in [6.45, 7) is 4.30. The number of likely N-dealkylation sites (N-methyl/N-ethyl adjacent to an activating group) is 1. The Labute approximate surface area is 247 Å². The molecule has 0 spiro atoms. The normalized spacial score (nSPS) is 13.1. The van der Waals surface area contributed by atoms with Crippen LogP contribution in [0.4, 0.5) is 11.5 Å². The topological polar surface area (TPSA) is 204 Å². The molecule has 2 aromatic carbocycles. The van der Waals surface area contributed by atoms with Crippen molar-refractivity contribution in [2.75, 3.05) is 51.0 Å². The molecule has 1 aliphatic rings. The van der Waals surface area contributed by atoms with Crippen molar-refractivity contribution in [3.8, 4) is 5.75 Å². The quantitative estimate of drug-likeness (QED) is 0.238. The van der Waals surface area contributed by atoms with E-state index in [1.165, 1.54) is 5.69 Å². The summed E-state index contributed by atoms with van der Waals surface area (Å²) < 4.78 is 5.48. The van der Waals surface area contributed by atoms with Gasteiger partial charge in [-0.3, -0.25) is 0 Å². The number of fused-ring (bicyclic) bond motifs is 1. The summed E-state index contributed by atoms with van der Waals surface area (Å²) in [4.78, 5) is 47.7. The number of carbonyl (C=O) groups is 4. The van der Waals surface area contributed by atoms with Crippen LogP contribution in [-0.2, 0) is 25.6 Å². The highest BCUT2D eigenvalue weighted by atomic mass is 16.5. The van der Waals surface area contributed by atoms with Gasteiger partial charge >= 0.3 is 23.9 Å². The van der Waals surface area contributed by atoms with Gasteiger partial charge in [0, 0.05) is 68.0 Å². The van der Waals surface area contributed by atoms with E-state index in [1.807, 2.05) is 18.2 Å². The van der Waals surface area contributed by atoms with Crippen LogP contribution in [0.15, 0.2) is 72.8 Å². The molecule has 1 aromatic heterocycles. The number of para-hydroxylation sites is 1. The van der Waals surface area contributed by atoms with E-state index in [4.69, 9.17) is 30.9 Å². The van der Waals surface area contributed by atoms with Crippen molar-refractivity contribution in [2.24, 2.45) is 0 Å². The van der Waals surface area contributed by atoms with Gasteiger partial charge in [-0.25, -0.2) is 24.2 Å². The molecule has 0 unspecified atom stereocenters. The Morgan fingerprint density at radius 1 is 0.814 bits per heavy atom. The number of nitrogen functional groups attached to an aromatic ring is 1. The van der Waals surface area contributed by atoms with Crippen LogP contribution in [0.3, 0.4) is 0 Å². The molecule has 0 amide bonds. The van der Waals surface area contributed by atoms with E-state index in [0.717, 1.165) is 54.0 Å². The summed E-state index contributed by atoms with van der Waals surface area (Å²) in [5.41, 5.74) is 10.6. The highest BCUT2D eigenvalue weighted by Gasteiger charge is 2.15. The summed E-state index contributed by atoms with van der Waals surface area (Å²) in [7, 11) is 3.87. The number of ether oxygens (including phenoxy) is 1. The number of benzene rings is 2. The molecule has 3 aromatic rings. The van der Waals surface area contributed by atoms with E-state index in [-0.39, 0.29) is 0 Å². The number of anilines is 2. The first-order valence-electron chi connectivity index (χ1n) is 12.9. The maximum atomic E-state index is 9.55. The minimum Gasteiger partial charge on any atom is -0.496 e. The van der Waals surface area contributed by atoms with Gasteiger partial charge in [0.2, 0.25) is 0 Å². The average Bonchev–Trinajstić information content (AvgIpc) is 2.96. The predicted octanol–water partition coefficient (Wildman–Crippen LogP) is 2.59. The molecule has 0 atom stereocenters. The van der Waals surface area contributed by atoms with E-state index in [9.17, 15) is 19.2 Å². The fourth-order valence-corrected chi connectivity index (χ4v) is 3.96. The first-order chi connectivity index (χ1) is 20.4. The number of hydrogen-bond donors (Lipinski definition) is 5. The molecule has 13 nitrogen and oxygen atoms in total. The zero-order chi connectivity index (χ0) is 31.9. The molecule has 228 valence electrons. The van der Waals surface area contributed by atoms with Gasteiger partial charge in [-0.05, 0) is 48.5 Å². The number of piperazine rings is 1. The third kappa shape index (κ3) is 11.9. The number of nitrogens with two attached hydrogens (primary N) is 1. The van der Waals surface area contributed by atoms with Crippen LogP contribution in [0.2, 0.25) is 0 Å². The number of methoxy groups -OCH3 is 1. The smallest absolute Gasteiger partial charge is 0.328 e. The number of pyridine rings is 1. The molecule has 1 aliphatic heterocycles. The van der Waals surface area contributed by atoms with Crippen molar-refractivity contribution in [1.29, 1.82) is 0 Å². The van der Waals surface area contributed by atoms with Crippen LogP contribution in [0, 0.1) is 0 Å². The zero-order valence-corrected chi connectivity index (χ0v) is 23.7. The van der Waals surface area contributed by atoms with Gasteiger partial charge in [-0.1, -0.05) is 18.2 Å². The first kappa shape index (κ1) is 33.8. The highest BCUT2D eigenvalue weighted by molar-refractivity contribution is 5.90. The van der Waals surface area contributed by atoms with Gasteiger partial charge in [0.1, 0.15) is 11.6 Å². The summed E-state index contributed by atoms with van der Waals surface area (Å²) in [5, 5.41) is 32.4. The molecule has 4 rings (SSSR count). The number of carboxylic acids is 4. The average molecular weight is 595 g/mol. The lowest BCUT2D eigenvalue weighted by Gasteiger charge is -2.34. The number of nitrogens with zero attached hydrogens (tertiary/aromatic N) is 3. The minimum absolute atomic E-state index is 0.558. The Kier molecular flexibility index (Phi) is 13.2. The number of carboxylic acid groups (broad SMARTS) is 4. The molecule has 0 radical (unpaired) electrons. The number of aromatic nitrogens is 1. The van der Waals surface area contributed by atoms with Crippen molar-refractivity contribution < 1.29 is 44.3 Å². The molecule has 0 bridgehead atoms. The summed E-state index contributed by atoms with van der Waals surface area (Å²) in [6, 6.07) is 16.7. The van der Waals surface area contributed by atoms with E-state index in [0.29, 0.717) is 36.5 Å². The lowest BCUT2D eigenvalue weighted by atomic mass is 10.0. The molecule has 43 heavy (non-hydrogen) atoms. The van der Waals surface area contributed by atoms with Gasteiger partial charge < -0.3 is 40.7 Å². The molecular formula is C30H34N4O9. The number of aliphatic carboxylic acids is 4. The molecule has 1 fully saturated rings. The Balaban J connectivity index is 0.000000334. The third-order valence-electron chi connectivity index (χ3n) is 6.09. The van der Waals surface area contributed by atoms with Gasteiger partial charge in [-0.15, -0.1) is 0 Å². The van der Waals surface area contributed by atoms with Crippen molar-refractivity contribution in [3.63, 3.8) is 0 Å². The number of rotatable bonds is 8. The fourth-order valence-electron chi connectivity index (χ4n) is 3.96. The summed E-state index contributed by atoms with van der Waals surface area (Å²) in [6.07, 6.45) is 2.94. The molecule has 2 heterocycles. The van der Waals surface area contributed by atoms with E-state index < -0.39 is 23.9 Å². The SMILES string of the molecule is COc1ccccc1Cc1cc2cc(N3CCN(C)CC3)ccc2nc1N.O=C(O)/C=C/C(=O)O.O=C(O)/C=C/C(=O)O. The van der Waals surface area contributed by atoms with Gasteiger partial charge in [0.25, 0.3) is 0 Å². The third-order valence-corrected chi connectivity index (χ3v) is 6.09. The summed E-state index contributed by atoms with van der Waals surface area (Å²) in [5.74, 6) is -3.57.